The predicted octanol–water partition coefficient (Wildman–Crippen LogP) is -0.316. The number of hydrazone groups is 1. The van der Waals surface area contributed by atoms with Gasteiger partial charge in [-0.1, -0.05) is 17.2 Å². The van der Waals surface area contributed by atoms with Crippen molar-refractivity contribution >= 4 is 18.1 Å². The highest BCUT2D eigenvalue weighted by Crippen LogP contribution is 2.08. The summed E-state index contributed by atoms with van der Waals surface area (Å²) in [6.07, 6.45) is 0.985. The summed E-state index contributed by atoms with van der Waals surface area (Å²) in [5.41, 5.74) is 7.38. The normalized spacial score (nSPS) is 10.9. The molecule has 10 heteroatoms. The predicted molar refractivity (Wildman–Crippen MR) is 64.3 cm³/mol. The number of halogens is 2. The molecule has 0 saturated carbocycles. The smallest absolute Gasteiger partial charge is 0.261 e. The molecule has 3 N–H and O–H groups in total. The number of rotatable bonds is 4. The van der Waals surface area contributed by atoms with E-state index in [1.54, 1.807) is 0 Å². The second-order valence-electron chi connectivity index (χ2n) is 3.63. The quantitative estimate of drug-likeness (QED) is 0.589. The fourth-order valence-electron chi connectivity index (χ4n) is 1.29. The first-order valence-electron chi connectivity index (χ1n) is 5.35. The minimum atomic E-state index is -1.05. The maximum absolute atomic E-state index is 13.3. The highest BCUT2D eigenvalue weighted by atomic mass is 19.2. The largest absolute Gasteiger partial charge is 0.367 e. The molecule has 0 saturated heterocycles. The summed E-state index contributed by atoms with van der Waals surface area (Å²) in [5.74, 6) is -2.64. The van der Waals surface area contributed by atoms with Crippen molar-refractivity contribution in [1.29, 1.82) is 0 Å². The molecule has 0 spiro atoms. The summed E-state index contributed by atoms with van der Waals surface area (Å²) < 4.78 is 27.2. The van der Waals surface area contributed by atoms with Crippen molar-refractivity contribution in [3.8, 4) is 0 Å². The third-order valence-electron chi connectivity index (χ3n) is 2.23. The number of hydrogen-bond donors (Lipinski definition) is 2. The molecule has 20 heavy (non-hydrogen) atoms. The summed E-state index contributed by atoms with van der Waals surface area (Å²) in [6, 6.07) is 3.61. The summed E-state index contributed by atoms with van der Waals surface area (Å²) in [7, 11) is 0. The van der Waals surface area contributed by atoms with Crippen LogP contribution in [0, 0.1) is 11.6 Å². The zero-order valence-corrected chi connectivity index (χ0v) is 9.99. The van der Waals surface area contributed by atoms with Gasteiger partial charge in [0.2, 0.25) is 5.95 Å². The van der Waals surface area contributed by atoms with Crippen molar-refractivity contribution in [2.24, 2.45) is 5.10 Å². The van der Waals surface area contributed by atoms with Gasteiger partial charge in [0, 0.05) is 5.56 Å². The van der Waals surface area contributed by atoms with Crippen molar-refractivity contribution < 1.29 is 13.6 Å². The van der Waals surface area contributed by atoms with Gasteiger partial charge in [0.1, 0.15) is 6.54 Å². The molecule has 0 atom stereocenters. The maximum atomic E-state index is 13.3. The van der Waals surface area contributed by atoms with Gasteiger partial charge in [0.15, 0.2) is 11.6 Å². The second kappa shape index (κ2) is 5.82. The van der Waals surface area contributed by atoms with Crippen molar-refractivity contribution in [3.63, 3.8) is 0 Å². The number of nitrogens with zero attached hydrogens (tertiary/aromatic N) is 5. The molecule has 0 aliphatic rings. The Morgan fingerprint density at radius 2 is 2.30 bits per heavy atom. The molecule has 8 nitrogen and oxygen atoms in total. The number of amides is 1. The number of anilines is 1. The molecule has 1 aromatic carbocycles. The van der Waals surface area contributed by atoms with Gasteiger partial charge < -0.3 is 5.73 Å². The number of nitrogen functional groups attached to an aromatic ring is 1. The van der Waals surface area contributed by atoms with Gasteiger partial charge in [-0.25, -0.2) is 18.9 Å². The van der Waals surface area contributed by atoms with Crippen LogP contribution in [0.25, 0.3) is 0 Å². The number of hydrogen-bond acceptors (Lipinski definition) is 6. The molecule has 0 unspecified atom stereocenters. The van der Waals surface area contributed by atoms with E-state index in [1.165, 1.54) is 12.1 Å². The van der Waals surface area contributed by atoms with E-state index < -0.39 is 17.5 Å². The molecule has 104 valence electrons. The molecule has 0 fully saturated rings. The minimum Gasteiger partial charge on any atom is -0.367 e. The number of benzene rings is 1. The molecular formula is C10H9F2N7O. The Kier molecular flexibility index (Phi) is 3.93. The van der Waals surface area contributed by atoms with E-state index in [0.29, 0.717) is 0 Å². The summed E-state index contributed by atoms with van der Waals surface area (Å²) in [6.45, 7) is -0.248. The van der Waals surface area contributed by atoms with E-state index in [0.717, 1.165) is 17.0 Å². The fraction of sp³-hybridized carbons (Fsp3) is 0.100. The first-order chi connectivity index (χ1) is 9.58. The van der Waals surface area contributed by atoms with Crippen molar-refractivity contribution in [2.45, 2.75) is 6.54 Å². The summed E-state index contributed by atoms with van der Waals surface area (Å²) in [4.78, 5) is 11.4. The lowest BCUT2D eigenvalue weighted by Crippen LogP contribution is -2.24. The van der Waals surface area contributed by atoms with Crippen molar-refractivity contribution in [2.75, 3.05) is 5.73 Å². The van der Waals surface area contributed by atoms with Gasteiger partial charge in [-0.2, -0.15) is 5.10 Å². The van der Waals surface area contributed by atoms with Gasteiger partial charge in [-0.15, -0.1) is 0 Å². The van der Waals surface area contributed by atoms with Crippen LogP contribution in [0.3, 0.4) is 0 Å². The van der Waals surface area contributed by atoms with Crippen molar-refractivity contribution in [3.05, 3.63) is 35.4 Å². The molecular weight excluding hydrogens is 272 g/mol. The molecule has 2 rings (SSSR count). The van der Waals surface area contributed by atoms with Crippen molar-refractivity contribution in [1.82, 2.24) is 25.6 Å². The first kappa shape index (κ1) is 13.5. The minimum absolute atomic E-state index is 0.0275. The van der Waals surface area contributed by atoms with Crippen LogP contribution < -0.4 is 11.2 Å². The van der Waals surface area contributed by atoms with E-state index >= 15 is 0 Å². The van der Waals surface area contributed by atoms with E-state index in [2.05, 4.69) is 26.1 Å². The van der Waals surface area contributed by atoms with E-state index in [9.17, 15) is 13.6 Å². The Morgan fingerprint density at radius 1 is 1.50 bits per heavy atom. The molecule has 1 amide bonds. The Hall–Kier alpha value is -2.91. The van der Waals surface area contributed by atoms with E-state index in [1.807, 2.05) is 0 Å². The summed E-state index contributed by atoms with van der Waals surface area (Å²) in [5, 5.41) is 13.6. The number of nitrogens with two attached hydrogens (primary N) is 1. The fourth-order valence-corrected chi connectivity index (χ4v) is 1.29. The first-order valence-corrected chi connectivity index (χ1v) is 5.35. The number of carbonyl (C=O) groups is 1. The SMILES string of the molecule is Nc1nnnn1CC(=O)NN=Cc1cccc(F)c1F. The number of aromatic nitrogens is 4. The van der Waals surface area contributed by atoms with Crippen LogP contribution in [0.1, 0.15) is 5.56 Å². The Balaban J connectivity index is 1.95. The van der Waals surface area contributed by atoms with Crippen LogP contribution in [0.15, 0.2) is 23.3 Å². The maximum Gasteiger partial charge on any atom is 0.261 e. The van der Waals surface area contributed by atoms with Gasteiger partial charge in [-0.05, 0) is 16.5 Å². The number of carbonyl (C=O) groups excluding carboxylic acids is 1. The van der Waals surface area contributed by atoms with Crippen LogP contribution in [-0.2, 0) is 11.3 Å². The highest BCUT2D eigenvalue weighted by molar-refractivity contribution is 5.82. The Morgan fingerprint density at radius 3 is 3.00 bits per heavy atom. The van der Waals surface area contributed by atoms with Gasteiger partial charge in [0.05, 0.1) is 6.21 Å². The average Bonchev–Trinajstić information content (AvgIpc) is 2.80. The second-order valence-corrected chi connectivity index (χ2v) is 3.63. The molecule has 0 aliphatic carbocycles. The molecule has 1 heterocycles. The van der Waals surface area contributed by atoms with Gasteiger partial charge in [0.25, 0.3) is 5.91 Å². The van der Waals surface area contributed by atoms with Crippen LogP contribution in [0.2, 0.25) is 0 Å². The average molecular weight is 281 g/mol. The van der Waals surface area contributed by atoms with Crippen LogP contribution in [-0.4, -0.2) is 32.3 Å². The highest BCUT2D eigenvalue weighted by Gasteiger charge is 2.07. The topological polar surface area (TPSA) is 111 Å². The Labute approximate surface area is 111 Å². The zero-order chi connectivity index (χ0) is 14.5. The molecule has 1 aromatic heterocycles. The Bertz CT molecular complexity index is 655. The van der Waals surface area contributed by atoms with Gasteiger partial charge >= 0.3 is 0 Å². The van der Waals surface area contributed by atoms with Crippen LogP contribution >= 0.6 is 0 Å². The lowest BCUT2D eigenvalue weighted by Gasteiger charge is -2.00. The standard InChI is InChI=1S/C10H9F2N7O/c11-7-3-1-2-6(9(7)12)4-14-15-8(20)5-19-10(13)16-17-18-19/h1-4H,5H2,(H,15,20)(H2,13,16,18). The molecule has 2 aromatic rings. The molecule has 0 bridgehead atoms. The van der Waals surface area contributed by atoms with E-state index in [-0.39, 0.29) is 18.1 Å². The van der Waals surface area contributed by atoms with Crippen LogP contribution in [0.5, 0.6) is 0 Å². The number of tetrazole rings is 1. The number of nitrogens with one attached hydrogen (secondary N) is 1. The summed E-state index contributed by atoms with van der Waals surface area (Å²) >= 11 is 0. The van der Waals surface area contributed by atoms with Crippen LogP contribution in [0.4, 0.5) is 14.7 Å². The monoisotopic (exact) mass is 281 g/mol. The molecule has 0 radical (unpaired) electrons. The lowest BCUT2D eigenvalue weighted by molar-refractivity contribution is -0.121. The third kappa shape index (κ3) is 3.10. The lowest BCUT2D eigenvalue weighted by atomic mass is 10.2. The van der Waals surface area contributed by atoms with E-state index in [4.69, 9.17) is 5.73 Å². The third-order valence-corrected chi connectivity index (χ3v) is 2.23. The van der Waals surface area contributed by atoms with Gasteiger partial charge in [-0.3, -0.25) is 4.79 Å². The molecule has 0 aliphatic heterocycles. The zero-order valence-electron chi connectivity index (χ0n) is 9.99.